The molecule has 1 atom stereocenters. The maximum Gasteiger partial charge on any atom is 0.338 e. The number of rotatable bonds is 6. The molecule has 6 rings (SSSR count). The van der Waals surface area contributed by atoms with Crippen molar-refractivity contribution in [1.29, 1.82) is 0 Å². The van der Waals surface area contributed by atoms with Gasteiger partial charge in [-0.15, -0.1) is 0 Å². The number of esters is 1. The normalized spacial score (nSPS) is 15.3. The predicted molar refractivity (Wildman–Crippen MR) is 159 cm³/mol. The van der Waals surface area contributed by atoms with Crippen LogP contribution in [0.2, 0.25) is 0 Å². The van der Waals surface area contributed by atoms with Crippen molar-refractivity contribution in [2.24, 2.45) is 4.99 Å². The number of carbonyl (C=O) groups is 1. The summed E-state index contributed by atoms with van der Waals surface area (Å²) in [6.07, 6.45) is 1.96. The van der Waals surface area contributed by atoms with Crippen LogP contribution in [0.15, 0.2) is 99.9 Å². The van der Waals surface area contributed by atoms with E-state index in [-0.39, 0.29) is 12.2 Å². The van der Waals surface area contributed by atoms with E-state index in [1.807, 2.05) is 61.5 Å². The maximum atomic E-state index is 14.2. The Hall–Kier alpha value is -4.49. The molecule has 6 nitrogen and oxygen atoms in total. The Balaban J connectivity index is 1.65. The van der Waals surface area contributed by atoms with Crippen LogP contribution < -0.4 is 19.6 Å². The third-order valence-corrected chi connectivity index (χ3v) is 8.10. The van der Waals surface area contributed by atoms with Crippen LogP contribution in [0.3, 0.4) is 0 Å². The molecule has 0 aliphatic carbocycles. The van der Waals surface area contributed by atoms with Gasteiger partial charge < -0.3 is 9.47 Å². The van der Waals surface area contributed by atoms with Crippen LogP contribution >= 0.6 is 11.3 Å². The van der Waals surface area contributed by atoms with Crippen molar-refractivity contribution in [1.82, 2.24) is 4.57 Å². The molecule has 0 fully saturated rings. The Morgan fingerprint density at radius 2 is 1.60 bits per heavy atom. The summed E-state index contributed by atoms with van der Waals surface area (Å²) in [5.41, 5.74) is 2.34. The number of aromatic nitrogens is 1. The van der Waals surface area contributed by atoms with E-state index in [0.717, 1.165) is 27.1 Å². The van der Waals surface area contributed by atoms with Gasteiger partial charge in [-0.3, -0.25) is 9.36 Å². The second-order valence-electron chi connectivity index (χ2n) is 9.51. The van der Waals surface area contributed by atoms with Gasteiger partial charge in [-0.25, -0.2) is 9.79 Å². The van der Waals surface area contributed by atoms with E-state index in [0.29, 0.717) is 38.5 Å². The van der Waals surface area contributed by atoms with Crippen LogP contribution in [0.4, 0.5) is 0 Å². The van der Waals surface area contributed by atoms with Crippen LogP contribution in [-0.2, 0) is 9.53 Å². The molecule has 1 aliphatic heterocycles. The van der Waals surface area contributed by atoms with Crippen molar-refractivity contribution >= 4 is 44.9 Å². The maximum absolute atomic E-state index is 14.2. The first kappa shape index (κ1) is 25.8. The molecule has 0 saturated heterocycles. The summed E-state index contributed by atoms with van der Waals surface area (Å²) < 4.78 is 13.5. The highest BCUT2D eigenvalue weighted by Crippen LogP contribution is 2.36. The average Bonchev–Trinajstić information content (AvgIpc) is 3.26. The zero-order valence-electron chi connectivity index (χ0n) is 22.5. The quantitative estimate of drug-likeness (QED) is 0.208. The molecule has 2 heterocycles. The van der Waals surface area contributed by atoms with Gasteiger partial charge in [0.15, 0.2) is 4.80 Å². The van der Waals surface area contributed by atoms with Gasteiger partial charge in [0.1, 0.15) is 11.8 Å². The van der Waals surface area contributed by atoms with E-state index in [2.05, 4.69) is 30.3 Å². The Morgan fingerprint density at radius 1 is 0.950 bits per heavy atom. The summed E-state index contributed by atoms with van der Waals surface area (Å²) in [6.45, 7) is 6.13. The minimum atomic E-state index is -0.732. The van der Waals surface area contributed by atoms with E-state index >= 15 is 0 Å². The molecule has 4 aromatic carbocycles. The number of fused-ring (bicyclic) bond motifs is 3. The topological polar surface area (TPSA) is 69.9 Å². The SMILES string of the molecule is CCOC(=O)C1=C(C)N=c2sc(=Cc3c4ccccc4cc4ccccc34)c(=O)n2[C@@H]1c1ccccc1OCC. The molecule has 1 aliphatic rings. The highest BCUT2D eigenvalue weighted by molar-refractivity contribution is 7.07. The van der Waals surface area contributed by atoms with Crippen LogP contribution in [0.1, 0.15) is 37.9 Å². The molecule has 1 aromatic heterocycles. The molecule has 200 valence electrons. The molecular weight excluding hydrogens is 520 g/mol. The molecule has 0 spiro atoms. The standard InChI is InChI=1S/C33H28N2O4S/c1-4-38-27-17-11-10-16-25(27)30-29(32(37)39-5-2)20(3)34-33-35(30)31(36)28(40-33)19-26-23-14-8-6-12-21(23)18-22-13-7-9-15-24(22)26/h6-19,30H,4-5H2,1-3H3/t30-/m1/s1. The monoisotopic (exact) mass is 548 g/mol. The minimum Gasteiger partial charge on any atom is -0.494 e. The zero-order chi connectivity index (χ0) is 27.8. The smallest absolute Gasteiger partial charge is 0.338 e. The number of allylic oxidation sites excluding steroid dienone is 1. The molecule has 0 radical (unpaired) electrons. The van der Waals surface area contributed by atoms with E-state index in [9.17, 15) is 9.59 Å². The lowest BCUT2D eigenvalue weighted by molar-refractivity contribution is -0.139. The Kier molecular flexibility index (Phi) is 6.82. The lowest BCUT2D eigenvalue weighted by Crippen LogP contribution is -2.40. The van der Waals surface area contributed by atoms with Crippen molar-refractivity contribution in [3.63, 3.8) is 0 Å². The molecular formula is C33H28N2O4S. The fourth-order valence-corrected chi connectivity index (χ4v) is 6.44. The van der Waals surface area contributed by atoms with Crippen molar-refractivity contribution in [3.05, 3.63) is 121 Å². The lowest BCUT2D eigenvalue weighted by atomic mass is 9.95. The number of benzene rings is 4. The number of nitrogens with zero attached hydrogens (tertiary/aromatic N) is 2. The number of carbonyl (C=O) groups excluding carboxylic acids is 1. The minimum absolute atomic E-state index is 0.216. The molecule has 7 heteroatoms. The third kappa shape index (κ3) is 4.32. The van der Waals surface area contributed by atoms with Crippen molar-refractivity contribution in [2.75, 3.05) is 13.2 Å². The summed E-state index contributed by atoms with van der Waals surface area (Å²) in [5, 5.41) is 4.33. The summed E-state index contributed by atoms with van der Waals surface area (Å²) in [4.78, 5) is 32.8. The van der Waals surface area contributed by atoms with Gasteiger partial charge in [0.2, 0.25) is 0 Å². The number of hydrogen-bond acceptors (Lipinski definition) is 6. The first-order chi connectivity index (χ1) is 19.5. The Labute approximate surface area is 235 Å². The molecule has 5 aromatic rings. The fraction of sp³-hybridized carbons (Fsp3) is 0.182. The number of hydrogen-bond donors (Lipinski definition) is 0. The van der Waals surface area contributed by atoms with Crippen LogP contribution in [0.5, 0.6) is 5.75 Å². The summed E-state index contributed by atoms with van der Waals surface area (Å²) in [5.74, 6) is 0.121. The number of para-hydroxylation sites is 1. The predicted octanol–water partition coefficient (Wildman–Crippen LogP) is 5.50. The van der Waals surface area contributed by atoms with Crippen molar-refractivity contribution in [3.8, 4) is 5.75 Å². The van der Waals surface area contributed by atoms with Crippen molar-refractivity contribution < 1.29 is 14.3 Å². The second-order valence-corrected chi connectivity index (χ2v) is 10.5. The van der Waals surface area contributed by atoms with Crippen molar-refractivity contribution in [2.45, 2.75) is 26.8 Å². The highest BCUT2D eigenvalue weighted by Gasteiger charge is 2.35. The Bertz CT molecular complexity index is 1950. The highest BCUT2D eigenvalue weighted by atomic mass is 32.1. The zero-order valence-corrected chi connectivity index (χ0v) is 23.3. The van der Waals surface area contributed by atoms with Gasteiger partial charge in [-0.1, -0.05) is 78.1 Å². The van der Waals surface area contributed by atoms with Crippen LogP contribution in [0, 0.1) is 0 Å². The first-order valence-electron chi connectivity index (χ1n) is 13.3. The number of thiazole rings is 1. The van der Waals surface area contributed by atoms with Gasteiger partial charge in [0.25, 0.3) is 5.56 Å². The first-order valence-corrected chi connectivity index (χ1v) is 14.1. The van der Waals surface area contributed by atoms with Gasteiger partial charge in [-0.2, -0.15) is 0 Å². The van der Waals surface area contributed by atoms with E-state index in [4.69, 9.17) is 14.5 Å². The molecule has 0 amide bonds. The van der Waals surface area contributed by atoms with E-state index in [1.165, 1.54) is 11.3 Å². The lowest BCUT2D eigenvalue weighted by Gasteiger charge is -2.26. The molecule has 0 N–H and O–H groups in total. The molecule has 0 bridgehead atoms. The van der Waals surface area contributed by atoms with Gasteiger partial charge in [-0.05, 0) is 66.1 Å². The summed E-state index contributed by atoms with van der Waals surface area (Å²) in [7, 11) is 0. The van der Waals surface area contributed by atoms with Crippen LogP contribution in [0.25, 0.3) is 27.6 Å². The van der Waals surface area contributed by atoms with Gasteiger partial charge in [0.05, 0.1) is 29.0 Å². The largest absolute Gasteiger partial charge is 0.494 e. The van der Waals surface area contributed by atoms with Crippen LogP contribution in [-0.4, -0.2) is 23.8 Å². The summed E-state index contributed by atoms with van der Waals surface area (Å²) >= 11 is 1.32. The fourth-order valence-electron chi connectivity index (χ4n) is 5.41. The van der Waals surface area contributed by atoms with Gasteiger partial charge >= 0.3 is 5.97 Å². The van der Waals surface area contributed by atoms with E-state index < -0.39 is 12.0 Å². The summed E-state index contributed by atoms with van der Waals surface area (Å²) in [6, 6.07) is 25.3. The molecule has 40 heavy (non-hydrogen) atoms. The second kappa shape index (κ2) is 10.6. The molecule has 0 saturated carbocycles. The van der Waals surface area contributed by atoms with Gasteiger partial charge in [0, 0.05) is 5.56 Å². The average molecular weight is 549 g/mol. The third-order valence-electron chi connectivity index (χ3n) is 7.12. The number of ether oxygens (including phenoxy) is 2. The van der Waals surface area contributed by atoms with E-state index in [1.54, 1.807) is 18.4 Å². The Morgan fingerprint density at radius 3 is 2.27 bits per heavy atom. The molecule has 0 unspecified atom stereocenters.